The van der Waals surface area contributed by atoms with Gasteiger partial charge in [-0.05, 0) is 17.7 Å². The minimum Gasteiger partial charge on any atom is -0.391 e. The maximum atomic E-state index is 9.03. The number of nitrogens with zero attached hydrogens (tertiary/aromatic N) is 1. The van der Waals surface area contributed by atoms with Crippen molar-refractivity contribution in [2.45, 2.75) is 13.0 Å². The highest BCUT2D eigenvalue weighted by atomic mass is 79.9. The van der Waals surface area contributed by atoms with Crippen molar-refractivity contribution in [3.63, 3.8) is 0 Å². The van der Waals surface area contributed by atoms with Gasteiger partial charge in [0.25, 0.3) is 0 Å². The number of aliphatic hydroxyl groups is 1. The van der Waals surface area contributed by atoms with Crippen molar-refractivity contribution in [1.29, 1.82) is 0 Å². The Bertz CT molecular complexity index is 453. The van der Waals surface area contributed by atoms with Gasteiger partial charge < -0.3 is 9.63 Å². The molecule has 0 spiro atoms. The second-order valence-electron chi connectivity index (χ2n) is 3.24. The molecule has 0 aliphatic rings. The van der Waals surface area contributed by atoms with Crippen molar-refractivity contribution < 1.29 is 9.63 Å². The number of hydrogen-bond acceptors (Lipinski definition) is 3. The predicted octanol–water partition coefficient (Wildman–Crippen LogP) is 2.52. The van der Waals surface area contributed by atoms with Gasteiger partial charge >= 0.3 is 0 Å². The van der Waals surface area contributed by atoms with E-state index in [-0.39, 0.29) is 6.61 Å². The Morgan fingerprint density at radius 2 is 2.27 bits per heavy atom. The Hall–Kier alpha value is -1.13. The van der Waals surface area contributed by atoms with Crippen LogP contribution in [0.2, 0.25) is 0 Å². The van der Waals surface area contributed by atoms with Crippen molar-refractivity contribution in [2.75, 3.05) is 0 Å². The molecule has 2 rings (SSSR count). The van der Waals surface area contributed by atoms with Gasteiger partial charge in [-0.1, -0.05) is 33.2 Å². The standard InChI is InChI=1S/C11H10BrNO2/c12-10-3-1-2-8(4-10)5-11-9(7-14)6-13-15-11/h1-4,6,14H,5,7H2. The Labute approximate surface area is 95.8 Å². The molecule has 1 aromatic heterocycles. The minimum atomic E-state index is -0.0349. The van der Waals surface area contributed by atoms with E-state index < -0.39 is 0 Å². The summed E-state index contributed by atoms with van der Waals surface area (Å²) in [4.78, 5) is 0. The van der Waals surface area contributed by atoms with Crippen molar-refractivity contribution in [3.05, 3.63) is 51.8 Å². The maximum absolute atomic E-state index is 9.03. The SMILES string of the molecule is OCc1cnoc1Cc1cccc(Br)c1. The second kappa shape index (κ2) is 4.59. The third-order valence-electron chi connectivity index (χ3n) is 2.15. The van der Waals surface area contributed by atoms with Gasteiger partial charge in [-0.25, -0.2) is 0 Å². The molecule has 3 nitrogen and oxygen atoms in total. The maximum Gasteiger partial charge on any atom is 0.146 e. The quantitative estimate of drug-likeness (QED) is 0.930. The van der Waals surface area contributed by atoms with Gasteiger partial charge in [0, 0.05) is 16.5 Å². The molecule has 1 N–H and O–H groups in total. The van der Waals surface area contributed by atoms with Gasteiger partial charge in [-0.15, -0.1) is 0 Å². The summed E-state index contributed by atoms with van der Waals surface area (Å²) in [5.74, 6) is 0.718. The summed E-state index contributed by atoms with van der Waals surface area (Å²) in [5, 5.41) is 12.7. The highest BCUT2D eigenvalue weighted by molar-refractivity contribution is 9.10. The van der Waals surface area contributed by atoms with Gasteiger partial charge in [-0.3, -0.25) is 0 Å². The molecule has 0 aliphatic heterocycles. The molecule has 0 aliphatic carbocycles. The zero-order valence-corrected chi connectivity index (χ0v) is 9.57. The predicted molar refractivity (Wildman–Crippen MR) is 59.4 cm³/mol. The lowest BCUT2D eigenvalue weighted by molar-refractivity contribution is 0.277. The van der Waals surface area contributed by atoms with Crippen LogP contribution in [0.4, 0.5) is 0 Å². The summed E-state index contributed by atoms with van der Waals surface area (Å²) in [6.45, 7) is -0.0349. The van der Waals surface area contributed by atoms with E-state index in [1.165, 1.54) is 0 Å². The first-order valence-electron chi connectivity index (χ1n) is 4.57. The zero-order chi connectivity index (χ0) is 10.7. The van der Waals surface area contributed by atoms with Crippen LogP contribution in [0, 0.1) is 0 Å². The number of rotatable bonds is 3. The third-order valence-corrected chi connectivity index (χ3v) is 2.65. The molecular formula is C11H10BrNO2. The number of aromatic nitrogens is 1. The summed E-state index contributed by atoms with van der Waals surface area (Å²) in [6.07, 6.45) is 2.20. The van der Waals surface area contributed by atoms with Crippen LogP contribution in [0.15, 0.2) is 39.5 Å². The highest BCUT2D eigenvalue weighted by Crippen LogP contribution is 2.17. The van der Waals surface area contributed by atoms with Crippen LogP contribution in [-0.4, -0.2) is 10.3 Å². The van der Waals surface area contributed by atoms with E-state index in [9.17, 15) is 0 Å². The summed E-state index contributed by atoms with van der Waals surface area (Å²) in [7, 11) is 0. The van der Waals surface area contributed by atoms with Crippen LogP contribution >= 0.6 is 15.9 Å². The van der Waals surface area contributed by atoms with Gasteiger partial charge in [0.1, 0.15) is 5.76 Å². The number of aliphatic hydroxyl groups excluding tert-OH is 1. The summed E-state index contributed by atoms with van der Waals surface area (Å²) >= 11 is 3.41. The number of benzene rings is 1. The Morgan fingerprint density at radius 1 is 1.40 bits per heavy atom. The Morgan fingerprint density at radius 3 is 3.00 bits per heavy atom. The van der Waals surface area contributed by atoms with E-state index in [0.29, 0.717) is 6.42 Å². The molecule has 0 fully saturated rings. The molecule has 0 atom stereocenters. The minimum absolute atomic E-state index is 0.0349. The molecule has 0 saturated carbocycles. The van der Waals surface area contributed by atoms with Crippen molar-refractivity contribution >= 4 is 15.9 Å². The molecule has 0 saturated heterocycles. The molecule has 0 unspecified atom stereocenters. The second-order valence-corrected chi connectivity index (χ2v) is 4.15. The van der Waals surface area contributed by atoms with Gasteiger partial charge in [0.15, 0.2) is 0 Å². The lowest BCUT2D eigenvalue weighted by atomic mass is 10.1. The summed E-state index contributed by atoms with van der Waals surface area (Å²) in [6, 6.07) is 7.96. The van der Waals surface area contributed by atoms with E-state index >= 15 is 0 Å². The third kappa shape index (κ3) is 2.46. The molecule has 1 aromatic carbocycles. The van der Waals surface area contributed by atoms with Gasteiger partial charge in [0.05, 0.1) is 12.8 Å². The van der Waals surface area contributed by atoms with Crippen LogP contribution in [0.3, 0.4) is 0 Å². The Balaban J connectivity index is 2.22. The topological polar surface area (TPSA) is 46.3 Å². The fourth-order valence-electron chi connectivity index (χ4n) is 1.39. The van der Waals surface area contributed by atoms with Crippen molar-refractivity contribution in [1.82, 2.24) is 5.16 Å². The lowest BCUT2D eigenvalue weighted by Gasteiger charge is -2.00. The molecule has 78 valence electrons. The highest BCUT2D eigenvalue weighted by Gasteiger charge is 2.07. The van der Waals surface area contributed by atoms with Crippen LogP contribution in [0.25, 0.3) is 0 Å². The normalized spacial score (nSPS) is 10.5. The van der Waals surface area contributed by atoms with Crippen LogP contribution in [-0.2, 0) is 13.0 Å². The number of halogens is 1. The number of hydrogen-bond donors (Lipinski definition) is 1. The van der Waals surface area contributed by atoms with Crippen LogP contribution in [0.5, 0.6) is 0 Å². The Kier molecular flexibility index (Phi) is 3.18. The van der Waals surface area contributed by atoms with E-state index in [4.69, 9.17) is 9.63 Å². The van der Waals surface area contributed by atoms with Crippen LogP contribution < -0.4 is 0 Å². The first-order valence-corrected chi connectivity index (χ1v) is 5.36. The molecule has 4 heteroatoms. The fraction of sp³-hybridized carbons (Fsp3) is 0.182. The lowest BCUT2D eigenvalue weighted by Crippen LogP contribution is -1.91. The molecule has 2 aromatic rings. The molecule has 0 bridgehead atoms. The van der Waals surface area contributed by atoms with Crippen molar-refractivity contribution in [2.24, 2.45) is 0 Å². The van der Waals surface area contributed by atoms with E-state index in [1.54, 1.807) is 6.20 Å². The smallest absolute Gasteiger partial charge is 0.146 e. The first-order chi connectivity index (χ1) is 7.29. The fourth-order valence-corrected chi connectivity index (χ4v) is 1.84. The van der Waals surface area contributed by atoms with Gasteiger partial charge in [-0.2, -0.15) is 0 Å². The van der Waals surface area contributed by atoms with Gasteiger partial charge in [0.2, 0.25) is 0 Å². The molecule has 15 heavy (non-hydrogen) atoms. The molecule has 0 radical (unpaired) electrons. The zero-order valence-electron chi connectivity index (χ0n) is 7.98. The monoisotopic (exact) mass is 267 g/mol. The average Bonchev–Trinajstić information content (AvgIpc) is 2.65. The summed E-state index contributed by atoms with van der Waals surface area (Å²) in [5.41, 5.74) is 1.87. The molecule has 1 heterocycles. The van der Waals surface area contributed by atoms with Crippen molar-refractivity contribution in [3.8, 4) is 0 Å². The van der Waals surface area contributed by atoms with Crippen LogP contribution in [0.1, 0.15) is 16.9 Å². The molecular weight excluding hydrogens is 258 g/mol. The summed E-state index contributed by atoms with van der Waals surface area (Å²) < 4.78 is 6.11. The largest absolute Gasteiger partial charge is 0.391 e. The molecule has 0 amide bonds. The van der Waals surface area contributed by atoms with E-state index in [2.05, 4.69) is 21.1 Å². The average molecular weight is 268 g/mol. The van der Waals surface area contributed by atoms with E-state index in [1.807, 2.05) is 24.3 Å². The first kappa shape index (κ1) is 10.4. The van der Waals surface area contributed by atoms with E-state index in [0.717, 1.165) is 21.4 Å².